The number of aromatic nitrogens is 3. The maximum absolute atomic E-state index is 12.2. The zero-order valence-corrected chi connectivity index (χ0v) is 15.6. The van der Waals surface area contributed by atoms with E-state index in [-0.39, 0.29) is 11.7 Å². The number of hydrogen-bond donors (Lipinski definition) is 1. The molecule has 1 N–H and O–H groups in total. The van der Waals surface area contributed by atoms with Gasteiger partial charge in [-0.05, 0) is 36.4 Å². The van der Waals surface area contributed by atoms with Crippen molar-refractivity contribution in [3.05, 3.63) is 53.6 Å². The van der Waals surface area contributed by atoms with Gasteiger partial charge in [0.05, 0.1) is 12.4 Å². The van der Waals surface area contributed by atoms with Crippen LogP contribution in [0.3, 0.4) is 0 Å². The number of nitrogens with zero attached hydrogens (tertiary/aromatic N) is 4. The molecule has 1 amide bonds. The first kappa shape index (κ1) is 16.9. The minimum absolute atomic E-state index is 0.0979. The topological polar surface area (TPSA) is 63.1 Å². The predicted molar refractivity (Wildman–Crippen MR) is 105 cm³/mol. The van der Waals surface area contributed by atoms with Crippen LogP contribution >= 0.6 is 23.4 Å². The van der Waals surface area contributed by atoms with Crippen LogP contribution in [-0.2, 0) is 11.5 Å². The SMILES string of the molecule is CN1Cn2c(SCC(=O)Nc3ccc(Cl)cc3)nnc2-c2ccccc21. The highest BCUT2D eigenvalue weighted by molar-refractivity contribution is 7.99. The van der Waals surface area contributed by atoms with Gasteiger partial charge in [0.15, 0.2) is 11.0 Å². The van der Waals surface area contributed by atoms with Crippen LogP contribution in [0.25, 0.3) is 11.4 Å². The Kier molecular flexibility index (Phi) is 4.57. The summed E-state index contributed by atoms with van der Waals surface area (Å²) >= 11 is 7.23. The van der Waals surface area contributed by atoms with E-state index in [9.17, 15) is 4.79 Å². The lowest BCUT2D eigenvalue weighted by Crippen LogP contribution is -2.27. The van der Waals surface area contributed by atoms with E-state index < -0.39 is 0 Å². The molecular formula is C18H16ClN5OS. The van der Waals surface area contributed by atoms with Crippen LogP contribution in [0.4, 0.5) is 11.4 Å². The smallest absolute Gasteiger partial charge is 0.234 e. The van der Waals surface area contributed by atoms with Gasteiger partial charge in [-0.1, -0.05) is 35.5 Å². The molecule has 0 unspecified atom stereocenters. The number of para-hydroxylation sites is 1. The third kappa shape index (κ3) is 3.27. The van der Waals surface area contributed by atoms with Gasteiger partial charge in [0, 0.05) is 29.0 Å². The summed E-state index contributed by atoms with van der Waals surface area (Å²) in [6.07, 6.45) is 0. The molecule has 0 saturated carbocycles. The van der Waals surface area contributed by atoms with E-state index in [1.807, 2.05) is 29.8 Å². The van der Waals surface area contributed by atoms with Gasteiger partial charge >= 0.3 is 0 Å². The molecule has 0 aliphatic carbocycles. The van der Waals surface area contributed by atoms with Gasteiger partial charge in [0.25, 0.3) is 0 Å². The van der Waals surface area contributed by atoms with Gasteiger partial charge in [0.1, 0.15) is 0 Å². The minimum Gasteiger partial charge on any atom is -0.356 e. The van der Waals surface area contributed by atoms with E-state index in [0.717, 1.165) is 27.9 Å². The number of halogens is 1. The van der Waals surface area contributed by atoms with Crippen molar-refractivity contribution in [1.82, 2.24) is 14.8 Å². The second-order valence-electron chi connectivity index (χ2n) is 5.93. The van der Waals surface area contributed by atoms with Crippen LogP contribution in [-0.4, -0.2) is 33.5 Å². The highest BCUT2D eigenvalue weighted by Gasteiger charge is 2.24. The van der Waals surface area contributed by atoms with E-state index in [1.165, 1.54) is 11.8 Å². The Hall–Kier alpha value is -2.51. The van der Waals surface area contributed by atoms with Crippen molar-refractivity contribution >= 4 is 40.6 Å². The van der Waals surface area contributed by atoms with Gasteiger partial charge in [0.2, 0.25) is 5.91 Å². The number of benzene rings is 2. The first-order valence-corrected chi connectivity index (χ1v) is 9.40. The fourth-order valence-corrected chi connectivity index (χ4v) is 3.72. The summed E-state index contributed by atoms with van der Waals surface area (Å²) in [5.74, 6) is 0.991. The van der Waals surface area contributed by atoms with Gasteiger partial charge in [-0.3, -0.25) is 9.36 Å². The summed E-state index contributed by atoms with van der Waals surface area (Å²) in [6, 6.07) is 15.1. The van der Waals surface area contributed by atoms with Crippen molar-refractivity contribution in [1.29, 1.82) is 0 Å². The van der Waals surface area contributed by atoms with Gasteiger partial charge in [-0.25, -0.2) is 0 Å². The molecular weight excluding hydrogens is 370 g/mol. The summed E-state index contributed by atoms with van der Waals surface area (Å²) < 4.78 is 2.03. The Bertz CT molecular complexity index is 956. The summed E-state index contributed by atoms with van der Waals surface area (Å²) in [7, 11) is 2.03. The summed E-state index contributed by atoms with van der Waals surface area (Å²) in [6.45, 7) is 0.653. The van der Waals surface area contributed by atoms with Crippen molar-refractivity contribution in [3.8, 4) is 11.4 Å². The summed E-state index contributed by atoms with van der Waals surface area (Å²) in [5, 5.41) is 12.8. The summed E-state index contributed by atoms with van der Waals surface area (Å²) in [5.41, 5.74) is 2.90. The van der Waals surface area contributed by atoms with Gasteiger partial charge < -0.3 is 10.2 Å². The largest absolute Gasteiger partial charge is 0.356 e. The molecule has 0 radical (unpaired) electrons. The quantitative estimate of drug-likeness (QED) is 0.693. The van der Waals surface area contributed by atoms with E-state index in [0.29, 0.717) is 11.7 Å². The molecule has 0 bridgehead atoms. The molecule has 2 aromatic carbocycles. The van der Waals surface area contributed by atoms with Crippen molar-refractivity contribution in [2.45, 2.75) is 11.8 Å². The average molecular weight is 386 g/mol. The van der Waals surface area contributed by atoms with Crippen molar-refractivity contribution in [3.63, 3.8) is 0 Å². The molecule has 0 atom stereocenters. The maximum atomic E-state index is 12.2. The molecule has 4 rings (SSSR count). The van der Waals surface area contributed by atoms with Gasteiger partial charge in [-0.2, -0.15) is 0 Å². The van der Waals surface area contributed by atoms with E-state index in [2.05, 4.69) is 26.5 Å². The van der Waals surface area contributed by atoms with Crippen molar-refractivity contribution in [2.24, 2.45) is 0 Å². The van der Waals surface area contributed by atoms with Gasteiger partial charge in [-0.15, -0.1) is 10.2 Å². The number of hydrogen-bond acceptors (Lipinski definition) is 5. The molecule has 0 fully saturated rings. The molecule has 0 spiro atoms. The molecule has 1 aromatic heterocycles. The highest BCUT2D eigenvalue weighted by Crippen LogP contribution is 2.35. The first-order valence-electron chi connectivity index (χ1n) is 8.04. The first-order chi connectivity index (χ1) is 12.6. The molecule has 1 aliphatic rings. The second kappa shape index (κ2) is 7.01. The number of fused-ring (bicyclic) bond motifs is 3. The average Bonchev–Trinajstić information content (AvgIpc) is 3.05. The fraction of sp³-hybridized carbons (Fsp3) is 0.167. The Morgan fingerprint density at radius 2 is 1.96 bits per heavy atom. The predicted octanol–water partition coefficient (Wildman–Crippen LogP) is 3.74. The van der Waals surface area contributed by atoms with Crippen LogP contribution < -0.4 is 10.2 Å². The van der Waals surface area contributed by atoms with Crippen molar-refractivity contribution < 1.29 is 4.79 Å². The fourth-order valence-electron chi connectivity index (χ4n) is 2.87. The van der Waals surface area contributed by atoms with Crippen LogP contribution in [0.5, 0.6) is 0 Å². The van der Waals surface area contributed by atoms with Crippen LogP contribution in [0.2, 0.25) is 5.02 Å². The zero-order valence-electron chi connectivity index (χ0n) is 14.0. The number of rotatable bonds is 4. The third-order valence-electron chi connectivity index (χ3n) is 4.09. The third-order valence-corrected chi connectivity index (χ3v) is 5.31. The summed E-state index contributed by atoms with van der Waals surface area (Å²) in [4.78, 5) is 14.3. The van der Waals surface area contributed by atoms with Crippen LogP contribution in [0, 0.1) is 0 Å². The molecule has 2 heterocycles. The van der Waals surface area contributed by atoms with Crippen LogP contribution in [0.1, 0.15) is 0 Å². The molecule has 6 nitrogen and oxygen atoms in total. The Labute approximate surface area is 160 Å². The highest BCUT2D eigenvalue weighted by atomic mass is 35.5. The second-order valence-corrected chi connectivity index (χ2v) is 7.31. The number of anilines is 2. The molecule has 3 aromatic rings. The lowest BCUT2D eigenvalue weighted by Gasteiger charge is -2.28. The Balaban J connectivity index is 1.47. The molecule has 0 saturated heterocycles. The molecule has 26 heavy (non-hydrogen) atoms. The zero-order chi connectivity index (χ0) is 18.1. The molecule has 132 valence electrons. The maximum Gasteiger partial charge on any atom is 0.234 e. The Morgan fingerprint density at radius 1 is 1.19 bits per heavy atom. The minimum atomic E-state index is -0.0979. The Morgan fingerprint density at radius 3 is 2.77 bits per heavy atom. The van der Waals surface area contributed by atoms with E-state index in [1.54, 1.807) is 24.3 Å². The number of carbonyl (C=O) groups is 1. The molecule has 8 heteroatoms. The monoisotopic (exact) mass is 385 g/mol. The normalized spacial score (nSPS) is 12.5. The molecule has 1 aliphatic heterocycles. The number of nitrogens with one attached hydrogen (secondary N) is 1. The van der Waals surface area contributed by atoms with E-state index in [4.69, 9.17) is 11.6 Å². The number of thioether (sulfide) groups is 1. The lowest BCUT2D eigenvalue weighted by atomic mass is 10.1. The van der Waals surface area contributed by atoms with Crippen molar-refractivity contribution in [2.75, 3.05) is 23.0 Å². The number of carbonyl (C=O) groups excluding carboxylic acids is 1. The number of amides is 1. The standard InChI is InChI=1S/C18H16ClN5OS/c1-23-11-24-17(14-4-2-3-5-15(14)23)21-22-18(24)26-10-16(25)20-13-8-6-12(19)7-9-13/h2-9H,10-11H2,1H3,(H,20,25). The lowest BCUT2D eigenvalue weighted by molar-refractivity contribution is -0.113. The van der Waals surface area contributed by atoms with E-state index >= 15 is 0 Å². The van der Waals surface area contributed by atoms with Crippen LogP contribution in [0.15, 0.2) is 53.7 Å².